The molecule has 8 nitrogen and oxygen atoms in total. The summed E-state index contributed by atoms with van der Waals surface area (Å²) in [7, 11) is 0. The summed E-state index contributed by atoms with van der Waals surface area (Å²) < 4.78 is 7.49. The molecular formula is C26H28N6O2. The zero-order valence-corrected chi connectivity index (χ0v) is 19.2. The number of rotatable bonds is 7. The van der Waals surface area contributed by atoms with E-state index >= 15 is 0 Å². The number of aryl methyl sites for hydroxylation is 1. The van der Waals surface area contributed by atoms with Crippen molar-refractivity contribution in [3.05, 3.63) is 84.3 Å². The Morgan fingerprint density at radius 3 is 2.74 bits per heavy atom. The first-order valence-corrected chi connectivity index (χ1v) is 11.6. The van der Waals surface area contributed by atoms with Crippen LogP contribution in [0.4, 0.5) is 0 Å². The zero-order chi connectivity index (χ0) is 23.3. The molecule has 3 heterocycles. The first kappa shape index (κ1) is 22.0. The lowest BCUT2D eigenvalue weighted by Gasteiger charge is -2.30. The van der Waals surface area contributed by atoms with Crippen LogP contribution in [0.5, 0.6) is 0 Å². The molecule has 174 valence electrons. The maximum absolute atomic E-state index is 12.9. The molecule has 1 unspecified atom stereocenters. The second-order valence-electron chi connectivity index (χ2n) is 8.68. The van der Waals surface area contributed by atoms with Crippen molar-refractivity contribution in [2.45, 2.75) is 32.9 Å². The summed E-state index contributed by atoms with van der Waals surface area (Å²) >= 11 is 0. The molecule has 0 radical (unpaired) electrons. The van der Waals surface area contributed by atoms with E-state index in [1.54, 1.807) is 6.20 Å². The van der Waals surface area contributed by atoms with Crippen molar-refractivity contribution < 1.29 is 9.32 Å². The minimum Gasteiger partial charge on any atom is -0.352 e. The number of carbonyl (C=O) groups is 1. The first-order chi connectivity index (χ1) is 16.7. The number of amides is 1. The molecule has 1 amide bonds. The Morgan fingerprint density at radius 1 is 1.15 bits per heavy atom. The molecule has 0 saturated carbocycles. The number of nitrogens with one attached hydrogen (secondary N) is 1. The van der Waals surface area contributed by atoms with Crippen LogP contribution in [0.25, 0.3) is 17.1 Å². The van der Waals surface area contributed by atoms with Crippen molar-refractivity contribution in [3.63, 3.8) is 0 Å². The number of carbonyl (C=O) groups excluding carboxylic acids is 1. The maximum Gasteiger partial charge on any atom is 0.241 e. The Labute approximate surface area is 198 Å². The van der Waals surface area contributed by atoms with Crippen LogP contribution in [0, 0.1) is 12.8 Å². The fourth-order valence-electron chi connectivity index (χ4n) is 4.39. The third kappa shape index (κ3) is 5.07. The van der Waals surface area contributed by atoms with Gasteiger partial charge in [-0.1, -0.05) is 47.6 Å². The lowest BCUT2D eigenvalue weighted by Crippen LogP contribution is -2.42. The minimum absolute atomic E-state index is 0.0434. The molecule has 1 saturated heterocycles. The molecule has 0 spiro atoms. The fraction of sp³-hybridized carbons (Fsp3) is 0.308. The van der Waals surface area contributed by atoms with E-state index < -0.39 is 0 Å². The highest BCUT2D eigenvalue weighted by atomic mass is 16.5. The van der Waals surface area contributed by atoms with E-state index in [0.29, 0.717) is 31.3 Å². The van der Waals surface area contributed by atoms with Crippen LogP contribution >= 0.6 is 0 Å². The first-order valence-electron chi connectivity index (χ1n) is 11.6. The maximum atomic E-state index is 12.9. The van der Waals surface area contributed by atoms with Gasteiger partial charge in [-0.15, -0.1) is 0 Å². The van der Waals surface area contributed by atoms with Gasteiger partial charge < -0.3 is 14.4 Å². The molecule has 1 N–H and O–H groups in total. The normalized spacial score (nSPS) is 16.4. The van der Waals surface area contributed by atoms with Gasteiger partial charge in [0.25, 0.3) is 0 Å². The molecule has 1 aliphatic rings. The topological polar surface area (TPSA) is 89.1 Å². The van der Waals surface area contributed by atoms with Gasteiger partial charge in [-0.25, -0.2) is 4.98 Å². The Morgan fingerprint density at radius 2 is 1.97 bits per heavy atom. The molecule has 2 aromatic heterocycles. The number of hydrogen-bond donors (Lipinski definition) is 1. The molecule has 34 heavy (non-hydrogen) atoms. The van der Waals surface area contributed by atoms with Crippen LogP contribution in [0.1, 0.15) is 30.1 Å². The number of nitrogens with zero attached hydrogens (tertiary/aromatic N) is 5. The second-order valence-corrected chi connectivity index (χ2v) is 8.68. The zero-order valence-electron chi connectivity index (χ0n) is 19.2. The van der Waals surface area contributed by atoms with E-state index in [1.165, 1.54) is 0 Å². The highest BCUT2D eigenvalue weighted by molar-refractivity contribution is 5.79. The quantitative estimate of drug-likeness (QED) is 0.456. The van der Waals surface area contributed by atoms with E-state index in [9.17, 15) is 4.79 Å². The molecular weight excluding hydrogens is 428 g/mol. The van der Waals surface area contributed by atoms with E-state index in [4.69, 9.17) is 4.52 Å². The third-order valence-electron chi connectivity index (χ3n) is 6.24. The van der Waals surface area contributed by atoms with Gasteiger partial charge in [-0.05, 0) is 44.0 Å². The summed E-state index contributed by atoms with van der Waals surface area (Å²) in [6.07, 6.45) is 5.59. The summed E-state index contributed by atoms with van der Waals surface area (Å²) in [6, 6.07) is 18.0. The molecule has 1 fully saturated rings. The van der Waals surface area contributed by atoms with E-state index in [2.05, 4.69) is 25.3 Å². The molecule has 1 atom stereocenters. The summed E-state index contributed by atoms with van der Waals surface area (Å²) in [4.78, 5) is 23.9. The molecule has 8 heteroatoms. The number of benzene rings is 2. The van der Waals surface area contributed by atoms with Crippen molar-refractivity contribution in [2.24, 2.45) is 5.92 Å². The Balaban J connectivity index is 1.13. The number of likely N-dealkylation sites (tertiary alicyclic amines) is 1. The molecule has 1 aliphatic heterocycles. The van der Waals surface area contributed by atoms with Crippen LogP contribution in [0.2, 0.25) is 0 Å². The molecule has 0 bridgehead atoms. The standard InChI is InChI=1S/C26H28N6O2/c1-19-27-13-15-32(19)23-11-9-20(10-12-23)16-28-26(33)22-8-5-14-31(17-22)18-24-29-25(30-34-24)21-6-3-2-4-7-21/h2-4,6-7,9-13,15,22H,5,8,14,16-18H2,1H3,(H,28,33). The smallest absolute Gasteiger partial charge is 0.241 e. The van der Waals surface area contributed by atoms with Crippen molar-refractivity contribution in [1.29, 1.82) is 0 Å². The second kappa shape index (κ2) is 10.0. The van der Waals surface area contributed by atoms with Crippen LogP contribution in [-0.4, -0.2) is 43.6 Å². The lowest BCUT2D eigenvalue weighted by atomic mass is 9.97. The Hall–Kier alpha value is -3.78. The number of aromatic nitrogens is 4. The van der Waals surface area contributed by atoms with Gasteiger partial charge in [-0.2, -0.15) is 4.98 Å². The summed E-state index contributed by atoms with van der Waals surface area (Å²) in [5, 5.41) is 7.21. The van der Waals surface area contributed by atoms with E-state index in [0.717, 1.165) is 42.0 Å². The molecule has 5 rings (SSSR count). The molecule has 0 aliphatic carbocycles. The summed E-state index contributed by atoms with van der Waals surface area (Å²) in [5.41, 5.74) is 3.06. The monoisotopic (exact) mass is 456 g/mol. The minimum atomic E-state index is -0.0434. The van der Waals surface area contributed by atoms with Gasteiger partial charge in [0.1, 0.15) is 5.82 Å². The predicted molar refractivity (Wildman–Crippen MR) is 128 cm³/mol. The number of imidazole rings is 1. The Kier molecular flexibility index (Phi) is 6.49. The van der Waals surface area contributed by atoms with Crippen molar-refractivity contribution in [3.8, 4) is 17.1 Å². The van der Waals surface area contributed by atoms with Crippen LogP contribution in [0.15, 0.2) is 71.5 Å². The lowest BCUT2D eigenvalue weighted by molar-refractivity contribution is -0.127. The third-order valence-corrected chi connectivity index (χ3v) is 6.24. The molecule has 2 aromatic carbocycles. The van der Waals surface area contributed by atoms with Gasteiger partial charge in [0.2, 0.25) is 17.6 Å². The number of piperidine rings is 1. The average molecular weight is 457 g/mol. The van der Waals surface area contributed by atoms with Gasteiger partial charge in [0.15, 0.2) is 0 Å². The highest BCUT2D eigenvalue weighted by Crippen LogP contribution is 2.20. The summed E-state index contributed by atoms with van der Waals surface area (Å²) in [5.74, 6) is 2.16. The van der Waals surface area contributed by atoms with Gasteiger partial charge in [0, 0.05) is 36.7 Å². The van der Waals surface area contributed by atoms with Gasteiger partial charge in [-0.3, -0.25) is 9.69 Å². The van der Waals surface area contributed by atoms with Crippen LogP contribution in [-0.2, 0) is 17.9 Å². The van der Waals surface area contributed by atoms with Gasteiger partial charge in [0.05, 0.1) is 12.5 Å². The SMILES string of the molecule is Cc1nccn1-c1ccc(CNC(=O)C2CCCN(Cc3nc(-c4ccccc4)no3)C2)cc1. The van der Waals surface area contributed by atoms with E-state index in [1.807, 2.05) is 72.3 Å². The van der Waals surface area contributed by atoms with Gasteiger partial charge >= 0.3 is 0 Å². The van der Waals surface area contributed by atoms with Crippen molar-refractivity contribution >= 4 is 5.91 Å². The largest absolute Gasteiger partial charge is 0.352 e. The number of hydrogen-bond acceptors (Lipinski definition) is 6. The van der Waals surface area contributed by atoms with Crippen molar-refractivity contribution in [2.75, 3.05) is 13.1 Å². The van der Waals surface area contributed by atoms with Crippen LogP contribution in [0.3, 0.4) is 0 Å². The van der Waals surface area contributed by atoms with Crippen molar-refractivity contribution in [1.82, 2.24) is 29.9 Å². The highest BCUT2D eigenvalue weighted by Gasteiger charge is 2.26. The fourth-order valence-corrected chi connectivity index (χ4v) is 4.39. The average Bonchev–Trinajstić information content (AvgIpc) is 3.52. The predicted octanol–water partition coefficient (Wildman–Crippen LogP) is 3.76. The van der Waals surface area contributed by atoms with Crippen LogP contribution < -0.4 is 5.32 Å². The Bertz CT molecular complexity index is 1230. The summed E-state index contributed by atoms with van der Waals surface area (Å²) in [6.45, 7) is 4.65. The van der Waals surface area contributed by atoms with E-state index in [-0.39, 0.29) is 11.8 Å². The molecule has 4 aromatic rings.